The summed E-state index contributed by atoms with van der Waals surface area (Å²) in [5, 5.41) is 13.4. The molecule has 1 aromatic rings. The standard InChI is InChI=1S/C13H22N2O.2ClH/c1-11(14-9-10-15(2)3)13(16)12-7-5-4-6-8-12;;/h4-8,11,13-14,16H,9-10H2,1-3H3;2*1H. The fourth-order valence-electron chi connectivity index (χ4n) is 1.57. The molecule has 106 valence electrons. The van der Waals surface area contributed by atoms with Crippen molar-refractivity contribution in [3.63, 3.8) is 0 Å². The van der Waals surface area contributed by atoms with Crippen molar-refractivity contribution in [1.29, 1.82) is 0 Å². The summed E-state index contributed by atoms with van der Waals surface area (Å²) in [7, 11) is 4.08. The van der Waals surface area contributed by atoms with Crippen molar-refractivity contribution >= 4 is 24.8 Å². The molecule has 2 unspecified atom stereocenters. The summed E-state index contributed by atoms with van der Waals surface area (Å²) in [5.41, 5.74) is 0.965. The second kappa shape index (κ2) is 10.6. The Morgan fingerprint density at radius 1 is 1.17 bits per heavy atom. The van der Waals surface area contributed by atoms with Gasteiger partial charge in [-0.3, -0.25) is 0 Å². The molecule has 1 rings (SSSR count). The molecule has 0 aliphatic rings. The number of rotatable bonds is 6. The molecule has 2 N–H and O–H groups in total. The van der Waals surface area contributed by atoms with Gasteiger partial charge in [-0.25, -0.2) is 0 Å². The summed E-state index contributed by atoms with van der Waals surface area (Å²) in [4.78, 5) is 2.12. The van der Waals surface area contributed by atoms with Crippen molar-refractivity contribution < 1.29 is 5.11 Å². The smallest absolute Gasteiger partial charge is 0.0940 e. The Balaban J connectivity index is 0. The molecule has 0 saturated carbocycles. The highest BCUT2D eigenvalue weighted by Gasteiger charge is 2.14. The predicted molar refractivity (Wildman–Crippen MR) is 81.9 cm³/mol. The van der Waals surface area contributed by atoms with Gasteiger partial charge in [-0.1, -0.05) is 30.3 Å². The fourth-order valence-corrected chi connectivity index (χ4v) is 1.57. The van der Waals surface area contributed by atoms with Gasteiger partial charge in [-0.2, -0.15) is 0 Å². The quantitative estimate of drug-likeness (QED) is 0.843. The second-order valence-electron chi connectivity index (χ2n) is 4.40. The largest absolute Gasteiger partial charge is 0.387 e. The Morgan fingerprint density at radius 2 is 1.72 bits per heavy atom. The Labute approximate surface area is 122 Å². The number of halogens is 2. The molecule has 5 heteroatoms. The van der Waals surface area contributed by atoms with E-state index in [0.717, 1.165) is 18.7 Å². The van der Waals surface area contributed by atoms with Crippen LogP contribution >= 0.6 is 24.8 Å². The Bertz CT molecular complexity index is 296. The fraction of sp³-hybridized carbons (Fsp3) is 0.538. The number of benzene rings is 1. The highest BCUT2D eigenvalue weighted by Crippen LogP contribution is 2.15. The number of aliphatic hydroxyl groups excluding tert-OH is 1. The summed E-state index contributed by atoms with van der Waals surface area (Å²) in [6.45, 7) is 3.87. The van der Waals surface area contributed by atoms with Crippen LogP contribution in [0.1, 0.15) is 18.6 Å². The Kier molecular flexibility index (Phi) is 11.8. The number of nitrogens with one attached hydrogen (secondary N) is 1. The van der Waals surface area contributed by atoms with E-state index < -0.39 is 6.10 Å². The van der Waals surface area contributed by atoms with Gasteiger partial charge < -0.3 is 15.3 Å². The van der Waals surface area contributed by atoms with Crippen LogP contribution in [0.3, 0.4) is 0 Å². The van der Waals surface area contributed by atoms with Crippen LogP contribution in [0.5, 0.6) is 0 Å². The van der Waals surface area contributed by atoms with E-state index in [1.165, 1.54) is 0 Å². The maximum atomic E-state index is 10.1. The van der Waals surface area contributed by atoms with E-state index in [-0.39, 0.29) is 30.9 Å². The molecular weight excluding hydrogens is 271 g/mol. The zero-order chi connectivity index (χ0) is 12.0. The van der Waals surface area contributed by atoms with Gasteiger partial charge in [0.1, 0.15) is 0 Å². The molecule has 0 fully saturated rings. The molecule has 0 amide bonds. The van der Waals surface area contributed by atoms with Crippen LogP contribution in [-0.4, -0.2) is 43.2 Å². The molecule has 0 aromatic heterocycles. The van der Waals surface area contributed by atoms with Crippen molar-refractivity contribution in [3.05, 3.63) is 35.9 Å². The predicted octanol–water partition coefficient (Wildman–Crippen LogP) is 2.10. The monoisotopic (exact) mass is 294 g/mol. The van der Waals surface area contributed by atoms with Crippen LogP contribution in [0.15, 0.2) is 30.3 Å². The molecule has 18 heavy (non-hydrogen) atoms. The molecule has 3 nitrogen and oxygen atoms in total. The van der Waals surface area contributed by atoms with Crippen LogP contribution in [0.2, 0.25) is 0 Å². The Hall–Kier alpha value is -0.320. The van der Waals surface area contributed by atoms with Crippen molar-refractivity contribution in [3.8, 4) is 0 Å². The van der Waals surface area contributed by atoms with E-state index in [4.69, 9.17) is 0 Å². The minimum absolute atomic E-state index is 0. The highest BCUT2D eigenvalue weighted by atomic mass is 35.5. The van der Waals surface area contributed by atoms with Gasteiger partial charge in [0.2, 0.25) is 0 Å². The van der Waals surface area contributed by atoms with Gasteiger partial charge in [-0.15, -0.1) is 24.8 Å². The third-order valence-corrected chi connectivity index (χ3v) is 2.64. The number of hydrogen-bond acceptors (Lipinski definition) is 3. The van der Waals surface area contributed by atoms with Crippen molar-refractivity contribution in [2.75, 3.05) is 27.2 Å². The van der Waals surface area contributed by atoms with Gasteiger partial charge in [0.25, 0.3) is 0 Å². The molecule has 0 bridgehead atoms. The summed E-state index contributed by atoms with van der Waals surface area (Å²) in [6.07, 6.45) is -0.441. The maximum absolute atomic E-state index is 10.1. The Morgan fingerprint density at radius 3 is 2.22 bits per heavy atom. The minimum Gasteiger partial charge on any atom is -0.387 e. The molecule has 1 aromatic carbocycles. The third-order valence-electron chi connectivity index (χ3n) is 2.64. The third kappa shape index (κ3) is 7.19. The molecule has 0 saturated heterocycles. The molecule has 0 heterocycles. The van der Waals surface area contributed by atoms with E-state index in [1.807, 2.05) is 51.4 Å². The maximum Gasteiger partial charge on any atom is 0.0940 e. The van der Waals surface area contributed by atoms with Crippen LogP contribution in [0.25, 0.3) is 0 Å². The normalized spacial score (nSPS) is 13.4. The first-order valence-corrected chi connectivity index (χ1v) is 5.72. The second-order valence-corrected chi connectivity index (χ2v) is 4.40. The lowest BCUT2D eigenvalue weighted by Gasteiger charge is -2.21. The zero-order valence-electron chi connectivity index (χ0n) is 11.2. The first-order chi connectivity index (χ1) is 7.61. The van der Waals surface area contributed by atoms with Crippen molar-refractivity contribution in [2.45, 2.75) is 19.1 Å². The summed E-state index contributed by atoms with van der Waals surface area (Å²) in [6, 6.07) is 9.84. The van der Waals surface area contributed by atoms with Crippen molar-refractivity contribution in [1.82, 2.24) is 10.2 Å². The summed E-state index contributed by atoms with van der Waals surface area (Å²) in [5.74, 6) is 0. The van der Waals surface area contributed by atoms with Crippen molar-refractivity contribution in [2.24, 2.45) is 0 Å². The van der Waals surface area contributed by atoms with E-state index in [1.54, 1.807) is 0 Å². The highest BCUT2D eigenvalue weighted by molar-refractivity contribution is 5.85. The van der Waals surface area contributed by atoms with Crippen LogP contribution in [-0.2, 0) is 0 Å². The molecule has 0 aliphatic carbocycles. The lowest BCUT2D eigenvalue weighted by atomic mass is 10.0. The molecule has 0 spiro atoms. The van der Waals surface area contributed by atoms with Gasteiger partial charge in [0, 0.05) is 19.1 Å². The minimum atomic E-state index is -0.441. The number of nitrogens with zero attached hydrogens (tertiary/aromatic N) is 1. The average molecular weight is 295 g/mol. The first kappa shape index (κ1) is 20.0. The number of likely N-dealkylation sites (N-methyl/N-ethyl adjacent to an activating group) is 1. The topological polar surface area (TPSA) is 35.5 Å². The SMILES string of the molecule is CC(NCCN(C)C)C(O)c1ccccc1.Cl.Cl. The van der Waals surface area contributed by atoms with E-state index in [0.29, 0.717) is 0 Å². The van der Waals surface area contributed by atoms with Crippen LogP contribution < -0.4 is 5.32 Å². The van der Waals surface area contributed by atoms with E-state index in [2.05, 4.69) is 10.2 Å². The molecule has 0 radical (unpaired) electrons. The van der Waals surface area contributed by atoms with E-state index in [9.17, 15) is 5.11 Å². The summed E-state index contributed by atoms with van der Waals surface area (Å²) < 4.78 is 0. The van der Waals surface area contributed by atoms with Crippen LogP contribution in [0.4, 0.5) is 0 Å². The number of hydrogen-bond donors (Lipinski definition) is 2. The first-order valence-electron chi connectivity index (χ1n) is 5.72. The molecule has 2 atom stereocenters. The van der Waals surface area contributed by atoms with Crippen LogP contribution in [0, 0.1) is 0 Å². The van der Waals surface area contributed by atoms with Gasteiger partial charge >= 0.3 is 0 Å². The lowest BCUT2D eigenvalue weighted by Crippen LogP contribution is -2.36. The van der Waals surface area contributed by atoms with Gasteiger partial charge in [-0.05, 0) is 26.6 Å². The molecular formula is C13H24Cl2N2O. The lowest BCUT2D eigenvalue weighted by molar-refractivity contribution is 0.135. The van der Waals surface area contributed by atoms with Gasteiger partial charge in [0.05, 0.1) is 6.10 Å². The molecule has 0 aliphatic heterocycles. The average Bonchev–Trinajstić information content (AvgIpc) is 2.28. The zero-order valence-corrected chi connectivity index (χ0v) is 12.8. The van der Waals surface area contributed by atoms with Gasteiger partial charge in [0.15, 0.2) is 0 Å². The summed E-state index contributed by atoms with van der Waals surface area (Å²) >= 11 is 0. The van der Waals surface area contributed by atoms with E-state index >= 15 is 0 Å². The number of aliphatic hydroxyl groups is 1.